The number of rotatable bonds is 1. The number of anilines is 2. The van der Waals surface area contributed by atoms with Crippen LogP contribution in [-0.4, -0.2) is 29.9 Å². The minimum absolute atomic E-state index is 0.380. The van der Waals surface area contributed by atoms with Crippen molar-refractivity contribution in [3.63, 3.8) is 0 Å². The first-order valence-electron chi connectivity index (χ1n) is 7.73. The Hall–Kier alpha value is -3.74. The molecule has 5 heterocycles. The second-order valence-electron chi connectivity index (χ2n) is 5.61. The van der Waals surface area contributed by atoms with Crippen molar-refractivity contribution in [3.05, 3.63) is 61.2 Å². The maximum atomic E-state index is 10.9. The van der Waals surface area contributed by atoms with Gasteiger partial charge in [0, 0.05) is 29.7 Å². The lowest BCUT2D eigenvalue weighted by atomic mass is 10.1. The zero-order valence-corrected chi connectivity index (χ0v) is 13.0. The second-order valence-corrected chi connectivity index (χ2v) is 5.61. The third-order valence-corrected chi connectivity index (χ3v) is 4.14. The van der Waals surface area contributed by atoms with Gasteiger partial charge in [-0.2, -0.15) is 4.73 Å². The van der Waals surface area contributed by atoms with Crippen LogP contribution < -0.4 is 5.32 Å². The summed E-state index contributed by atoms with van der Waals surface area (Å²) in [4.78, 5) is 17.5. The molecule has 120 valence electrons. The molecule has 0 amide bonds. The van der Waals surface area contributed by atoms with Gasteiger partial charge in [0.25, 0.3) is 0 Å². The maximum absolute atomic E-state index is 10.9. The van der Waals surface area contributed by atoms with Crippen molar-refractivity contribution in [1.82, 2.24) is 24.7 Å². The molecule has 0 aliphatic carbocycles. The lowest BCUT2D eigenvalue weighted by Crippen LogP contribution is -2.00. The number of hydrogen-bond donors (Lipinski definition) is 2. The first-order chi connectivity index (χ1) is 12.3. The van der Waals surface area contributed by atoms with Crippen LogP contribution in [0.1, 0.15) is 0 Å². The predicted octanol–water partition coefficient (Wildman–Crippen LogP) is 3.36. The molecule has 0 spiro atoms. The highest BCUT2D eigenvalue weighted by Gasteiger charge is 2.28. The lowest BCUT2D eigenvalue weighted by Gasteiger charge is -2.09. The van der Waals surface area contributed by atoms with Crippen LogP contribution in [0.2, 0.25) is 0 Å². The number of fused-ring (bicyclic) bond motifs is 5. The summed E-state index contributed by atoms with van der Waals surface area (Å²) in [6, 6.07) is 11.1. The van der Waals surface area contributed by atoms with Crippen LogP contribution in [0.15, 0.2) is 61.2 Å². The van der Waals surface area contributed by atoms with Crippen molar-refractivity contribution in [2.45, 2.75) is 0 Å². The summed E-state index contributed by atoms with van der Waals surface area (Å²) < 4.78 is 1.08. The third-order valence-electron chi connectivity index (χ3n) is 4.14. The van der Waals surface area contributed by atoms with Gasteiger partial charge in [0.05, 0.1) is 11.9 Å². The largest absolute Gasteiger partial charge is 0.426 e. The van der Waals surface area contributed by atoms with Crippen LogP contribution >= 0.6 is 0 Å². The number of hydrogen-bond acceptors (Lipinski definition) is 6. The van der Waals surface area contributed by atoms with Crippen molar-refractivity contribution in [3.8, 4) is 34.0 Å². The molecule has 1 aliphatic rings. The summed E-state index contributed by atoms with van der Waals surface area (Å²) in [6.07, 6.45) is 6.79. The SMILES string of the molecule is On1c(-c2ccccn2)nc2c1-c1cccnc1Nc1cnccc1-2. The van der Waals surface area contributed by atoms with Gasteiger partial charge in [-0.1, -0.05) is 6.07 Å². The zero-order valence-electron chi connectivity index (χ0n) is 13.0. The van der Waals surface area contributed by atoms with Crippen molar-refractivity contribution in [2.24, 2.45) is 0 Å². The fourth-order valence-corrected chi connectivity index (χ4v) is 3.03. The van der Waals surface area contributed by atoms with E-state index in [1.165, 1.54) is 0 Å². The fourth-order valence-electron chi connectivity index (χ4n) is 3.03. The minimum atomic E-state index is 0.380. The first kappa shape index (κ1) is 13.7. The lowest BCUT2D eigenvalue weighted by molar-refractivity contribution is 0.195. The van der Waals surface area contributed by atoms with Crippen molar-refractivity contribution < 1.29 is 5.21 Å². The Kier molecular flexibility index (Phi) is 2.81. The van der Waals surface area contributed by atoms with Crippen LogP contribution in [0, 0.1) is 0 Å². The van der Waals surface area contributed by atoms with Gasteiger partial charge in [-0.3, -0.25) is 9.97 Å². The number of nitrogens with one attached hydrogen (secondary N) is 1. The number of nitrogens with zero attached hydrogens (tertiary/aromatic N) is 5. The molecule has 25 heavy (non-hydrogen) atoms. The van der Waals surface area contributed by atoms with Gasteiger partial charge < -0.3 is 10.5 Å². The summed E-state index contributed by atoms with van der Waals surface area (Å²) >= 11 is 0. The van der Waals surface area contributed by atoms with Crippen LogP contribution in [0.5, 0.6) is 0 Å². The molecule has 1 aliphatic heterocycles. The van der Waals surface area contributed by atoms with Gasteiger partial charge in [-0.15, -0.1) is 0 Å². The summed E-state index contributed by atoms with van der Waals surface area (Å²) in [5, 5.41) is 14.1. The Bertz CT molecular complexity index is 1090. The molecule has 2 N–H and O–H groups in total. The molecule has 0 fully saturated rings. The van der Waals surface area contributed by atoms with E-state index in [-0.39, 0.29) is 0 Å². The third kappa shape index (κ3) is 1.99. The van der Waals surface area contributed by atoms with E-state index in [1.807, 2.05) is 36.4 Å². The molecule has 0 unspecified atom stereocenters. The van der Waals surface area contributed by atoms with Gasteiger partial charge in [0.15, 0.2) is 5.82 Å². The van der Waals surface area contributed by atoms with E-state index in [0.29, 0.717) is 28.7 Å². The summed E-state index contributed by atoms with van der Waals surface area (Å²) in [5.74, 6) is 1.02. The summed E-state index contributed by atoms with van der Waals surface area (Å²) in [7, 11) is 0. The number of pyridine rings is 3. The number of imidazole rings is 1. The molecular weight excluding hydrogens is 316 g/mol. The Morgan fingerprint density at radius 3 is 2.72 bits per heavy atom. The molecule has 7 heteroatoms. The molecule has 0 bridgehead atoms. The fraction of sp³-hybridized carbons (Fsp3) is 0. The summed E-state index contributed by atoms with van der Waals surface area (Å²) in [5.41, 5.74) is 4.19. The van der Waals surface area contributed by atoms with E-state index in [1.54, 1.807) is 24.8 Å². The Balaban J connectivity index is 1.87. The molecular formula is C18H12N6O. The van der Waals surface area contributed by atoms with Gasteiger partial charge in [0.1, 0.15) is 22.9 Å². The van der Waals surface area contributed by atoms with E-state index in [2.05, 4.69) is 25.3 Å². The van der Waals surface area contributed by atoms with E-state index < -0.39 is 0 Å². The average Bonchev–Trinajstić information content (AvgIpc) is 2.93. The highest BCUT2D eigenvalue weighted by Crippen LogP contribution is 2.43. The van der Waals surface area contributed by atoms with Crippen molar-refractivity contribution in [2.75, 3.05) is 5.32 Å². The van der Waals surface area contributed by atoms with E-state index >= 15 is 0 Å². The molecule has 5 rings (SSSR count). The van der Waals surface area contributed by atoms with Crippen LogP contribution in [-0.2, 0) is 0 Å². The van der Waals surface area contributed by atoms with Crippen LogP contribution in [0.3, 0.4) is 0 Å². The molecule has 0 atom stereocenters. The standard InChI is InChI=1S/C18H12N6O/c25-24-16-12-4-3-8-21-17(12)22-14-10-19-9-6-11(14)15(16)23-18(24)13-5-1-2-7-20-13/h1-10,25H,(H,21,22). The summed E-state index contributed by atoms with van der Waals surface area (Å²) in [6.45, 7) is 0. The van der Waals surface area contributed by atoms with Gasteiger partial charge in [-0.05, 0) is 30.3 Å². The highest BCUT2D eigenvalue weighted by molar-refractivity contribution is 5.95. The molecule has 4 aromatic rings. The molecule has 0 aromatic carbocycles. The second kappa shape index (κ2) is 5.13. The van der Waals surface area contributed by atoms with Crippen molar-refractivity contribution >= 4 is 11.5 Å². The maximum Gasteiger partial charge on any atom is 0.195 e. The molecule has 4 aromatic heterocycles. The Morgan fingerprint density at radius 1 is 0.920 bits per heavy atom. The van der Waals surface area contributed by atoms with Gasteiger partial charge in [-0.25, -0.2) is 9.97 Å². The van der Waals surface area contributed by atoms with E-state index in [4.69, 9.17) is 0 Å². The highest BCUT2D eigenvalue weighted by atomic mass is 16.5. The monoisotopic (exact) mass is 328 g/mol. The molecule has 0 saturated heterocycles. The van der Waals surface area contributed by atoms with E-state index in [0.717, 1.165) is 21.5 Å². The average molecular weight is 328 g/mol. The molecule has 7 nitrogen and oxygen atoms in total. The predicted molar refractivity (Wildman–Crippen MR) is 92.4 cm³/mol. The topological polar surface area (TPSA) is 88.8 Å². The Labute approximate surface area is 142 Å². The quantitative estimate of drug-likeness (QED) is 0.459. The van der Waals surface area contributed by atoms with Gasteiger partial charge >= 0.3 is 0 Å². The van der Waals surface area contributed by atoms with Crippen LogP contribution in [0.4, 0.5) is 11.5 Å². The smallest absolute Gasteiger partial charge is 0.195 e. The Morgan fingerprint density at radius 2 is 1.84 bits per heavy atom. The first-order valence-corrected chi connectivity index (χ1v) is 7.73. The van der Waals surface area contributed by atoms with Crippen LogP contribution in [0.25, 0.3) is 34.0 Å². The number of aromatic nitrogens is 5. The van der Waals surface area contributed by atoms with Crippen molar-refractivity contribution in [1.29, 1.82) is 0 Å². The normalized spacial score (nSPS) is 11.7. The zero-order chi connectivity index (χ0) is 16.8. The minimum Gasteiger partial charge on any atom is -0.426 e. The molecule has 0 saturated carbocycles. The van der Waals surface area contributed by atoms with E-state index in [9.17, 15) is 5.21 Å². The molecule has 0 radical (unpaired) electrons. The van der Waals surface area contributed by atoms with Gasteiger partial charge in [0.2, 0.25) is 0 Å².